The summed E-state index contributed by atoms with van der Waals surface area (Å²) in [4.78, 5) is 47.9. The van der Waals surface area contributed by atoms with E-state index >= 15 is 0 Å². The van der Waals surface area contributed by atoms with Gasteiger partial charge in [0.05, 0.1) is 23.5 Å². The van der Waals surface area contributed by atoms with E-state index in [1.54, 1.807) is 19.1 Å². The predicted molar refractivity (Wildman–Crippen MR) is 207 cm³/mol. The number of H-pyrrole nitrogens is 1. The fourth-order valence-electron chi connectivity index (χ4n) is 7.87. The first-order valence-electron chi connectivity index (χ1n) is 19.7. The quantitative estimate of drug-likeness (QED) is 0.106. The number of hydrogen-bond acceptors (Lipinski definition) is 5. The maximum atomic E-state index is 14.8. The monoisotopic (exact) mass is 768 g/mol. The van der Waals surface area contributed by atoms with Gasteiger partial charge in [0, 0.05) is 36.3 Å². The second-order valence-corrected chi connectivity index (χ2v) is 15.4. The first kappa shape index (κ1) is 41.8. The third-order valence-electron chi connectivity index (χ3n) is 11.6. The Morgan fingerprint density at radius 2 is 1.64 bits per heavy atom. The van der Waals surface area contributed by atoms with Crippen molar-refractivity contribution in [1.82, 2.24) is 31.2 Å². The number of piperidine rings is 1. The van der Waals surface area contributed by atoms with E-state index in [2.05, 4.69) is 37.7 Å². The molecule has 9 nitrogen and oxygen atoms in total. The van der Waals surface area contributed by atoms with Gasteiger partial charge in [0.1, 0.15) is 17.4 Å². The Hall–Kier alpha value is -4.39. The molecule has 1 fully saturated rings. The number of carbonyl (C=O) groups excluding carboxylic acids is 3. The molecule has 5 atom stereocenters. The minimum Gasteiger partial charge on any atom is -0.386 e. The number of halogens is 4. The molecule has 0 bridgehead atoms. The fourth-order valence-corrected chi connectivity index (χ4v) is 7.87. The molecule has 0 spiro atoms. The summed E-state index contributed by atoms with van der Waals surface area (Å²) in [6.07, 6.45) is 0.0881. The summed E-state index contributed by atoms with van der Waals surface area (Å²) < 4.78 is 56.7. The molecule has 1 aromatic heterocycles. The molecule has 1 saturated heterocycles. The highest BCUT2D eigenvalue weighted by Gasteiger charge is 2.47. The number of nitrogens with one attached hydrogen (secondary N) is 5. The Balaban J connectivity index is 1.45. The SMILES string of the molecule is C=C(NCCN1CCCCC1)[C@@H](NC(=O)[C@@]1(NC(=O)[C@@H](NC(=O)Cc2ccccc2F)C(C)CC)CCc2[nH]c3c(C(F)(F)F)cccc3c2C1)C(C)CC. The van der Waals surface area contributed by atoms with Crippen LogP contribution in [0.2, 0.25) is 0 Å². The van der Waals surface area contributed by atoms with Gasteiger partial charge in [-0.15, -0.1) is 0 Å². The summed E-state index contributed by atoms with van der Waals surface area (Å²) >= 11 is 0. The van der Waals surface area contributed by atoms with E-state index in [9.17, 15) is 31.9 Å². The largest absolute Gasteiger partial charge is 0.418 e. The highest BCUT2D eigenvalue weighted by atomic mass is 19.4. The van der Waals surface area contributed by atoms with E-state index in [-0.39, 0.29) is 48.6 Å². The maximum absolute atomic E-state index is 14.8. The van der Waals surface area contributed by atoms with Gasteiger partial charge in [0.15, 0.2) is 0 Å². The number of nitrogens with zero attached hydrogens (tertiary/aromatic N) is 1. The van der Waals surface area contributed by atoms with E-state index in [0.717, 1.165) is 25.7 Å². The Labute approximate surface area is 321 Å². The van der Waals surface area contributed by atoms with Gasteiger partial charge in [-0.1, -0.05) is 83.9 Å². The minimum atomic E-state index is -4.61. The lowest BCUT2D eigenvalue weighted by molar-refractivity contribution is -0.137. The van der Waals surface area contributed by atoms with Crippen LogP contribution >= 0.6 is 0 Å². The van der Waals surface area contributed by atoms with Crippen LogP contribution < -0.4 is 21.3 Å². The highest BCUT2D eigenvalue weighted by Crippen LogP contribution is 2.40. The average Bonchev–Trinajstić information content (AvgIpc) is 3.53. The van der Waals surface area contributed by atoms with Gasteiger partial charge in [0.2, 0.25) is 17.7 Å². The number of hydrogen-bond donors (Lipinski definition) is 5. The van der Waals surface area contributed by atoms with Crippen molar-refractivity contribution in [2.24, 2.45) is 11.8 Å². The van der Waals surface area contributed by atoms with Gasteiger partial charge in [-0.2, -0.15) is 13.2 Å². The van der Waals surface area contributed by atoms with Gasteiger partial charge in [0.25, 0.3) is 0 Å². The lowest BCUT2D eigenvalue weighted by Gasteiger charge is -2.40. The van der Waals surface area contributed by atoms with Crippen molar-refractivity contribution < 1.29 is 31.9 Å². The summed E-state index contributed by atoms with van der Waals surface area (Å²) in [5, 5.41) is 12.8. The third kappa shape index (κ3) is 9.89. The number of fused-ring (bicyclic) bond motifs is 3. The molecule has 2 aromatic carbocycles. The van der Waals surface area contributed by atoms with Crippen LogP contribution in [0.3, 0.4) is 0 Å². The lowest BCUT2D eigenvalue weighted by Crippen LogP contribution is -2.66. The van der Waals surface area contributed by atoms with Crippen LogP contribution in [-0.2, 0) is 39.8 Å². The van der Waals surface area contributed by atoms with Crippen LogP contribution in [0, 0.1) is 17.7 Å². The number of benzene rings is 2. The third-order valence-corrected chi connectivity index (χ3v) is 11.6. The molecule has 3 amide bonds. The van der Waals surface area contributed by atoms with Crippen LogP contribution in [0.25, 0.3) is 10.9 Å². The number of likely N-dealkylation sites (tertiary alicyclic amines) is 1. The number of rotatable bonds is 16. The standard InChI is InChI=1S/C42H56F4N6O3/c1-6-26(3)36(28(5)47-20-23-52-21-11-8-12-22-52)50-40(55)41(19-18-34-31(25-41)30-15-13-16-32(38(30)48-34)42(44,45)46)51-39(54)37(27(4)7-2)49-35(53)24-29-14-9-10-17-33(29)43/h9-10,13-17,26-27,36-37,47-48H,5-8,11-12,18-25H2,1-4H3,(H,49,53)(H,50,55)(H,51,54)/t26?,27?,36-,37-,41+/m0/s1. The van der Waals surface area contributed by atoms with E-state index in [1.165, 1.54) is 43.5 Å². The van der Waals surface area contributed by atoms with Crippen molar-refractivity contribution in [2.75, 3.05) is 26.2 Å². The van der Waals surface area contributed by atoms with Gasteiger partial charge in [-0.05, 0) is 73.9 Å². The van der Waals surface area contributed by atoms with Crippen LogP contribution in [0.15, 0.2) is 54.7 Å². The van der Waals surface area contributed by atoms with Crippen molar-refractivity contribution in [1.29, 1.82) is 0 Å². The van der Waals surface area contributed by atoms with Crippen LogP contribution in [-0.4, -0.2) is 71.4 Å². The molecular formula is C42H56F4N6O3. The number of carbonyl (C=O) groups is 3. The Bertz CT molecular complexity index is 1840. The summed E-state index contributed by atoms with van der Waals surface area (Å²) in [6.45, 7) is 15.6. The van der Waals surface area contributed by atoms with Crippen LogP contribution in [0.4, 0.5) is 17.6 Å². The molecule has 2 aliphatic rings. The number of para-hydroxylation sites is 1. The molecule has 55 heavy (non-hydrogen) atoms. The molecule has 1 aliphatic heterocycles. The van der Waals surface area contributed by atoms with Gasteiger partial charge >= 0.3 is 6.18 Å². The van der Waals surface area contributed by atoms with Crippen molar-refractivity contribution in [3.05, 3.63) is 82.9 Å². The van der Waals surface area contributed by atoms with E-state index in [0.29, 0.717) is 41.7 Å². The zero-order valence-electron chi connectivity index (χ0n) is 32.4. The van der Waals surface area contributed by atoms with Crippen molar-refractivity contribution in [3.8, 4) is 0 Å². The molecule has 5 rings (SSSR count). The molecule has 0 radical (unpaired) electrons. The first-order valence-corrected chi connectivity index (χ1v) is 19.7. The topological polar surface area (TPSA) is 118 Å². The summed E-state index contributed by atoms with van der Waals surface area (Å²) in [5.74, 6) is -2.61. The van der Waals surface area contributed by atoms with Crippen molar-refractivity contribution >= 4 is 28.6 Å². The van der Waals surface area contributed by atoms with Gasteiger partial charge in [-0.3, -0.25) is 14.4 Å². The molecule has 2 unspecified atom stereocenters. The molecular weight excluding hydrogens is 712 g/mol. The number of aromatic nitrogens is 1. The predicted octanol–water partition coefficient (Wildman–Crippen LogP) is 6.56. The second kappa shape index (κ2) is 18.0. The van der Waals surface area contributed by atoms with Crippen molar-refractivity contribution in [3.63, 3.8) is 0 Å². The number of amides is 3. The molecule has 2 heterocycles. The summed E-state index contributed by atoms with van der Waals surface area (Å²) in [6, 6.07) is 8.28. The smallest absolute Gasteiger partial charge is 0.386 e. The maximum Gasteiger partial charge on any atom is 0.418 e. The van der Waals surface area contributed by atoms with Gasteiger partial charge in [-0.25, -0.2) is 4.39 Å². The highest BCUT2D eigenvalue weighted by molar-refractivity contribution is 5.97. The number of aryl methyl sites for hydroxylation is 1. The lowest BCUT2D eigenvalue weighted by atomic mass is 9.77. The normalized spacial score (nSPS) is 19.8. The van der Waals surface area contributed by atoms with Crippen LogP contribution in [0.1, 0.15) is 88.6 Å². The van der Waals surface area contributed by atoms with Crippen LogP contribution in [0.5, 0.6) is 0 Å². The van der Waals surface area contributed by atoms with E-state index in [1.807, 2.05) is 20.8 Å². The Morgan fingerprint density at radius 3 is 2.31 bits per heavy atom. The minimum absolute atomic E-state index is 0.0428. The van der Waals surface area contributed by atoms with E-state index in [4.69, 9.17) is 0 Å². The van der Waals surface area contributed by atoms with Crippen molar-refractivity contribution in [2.45, 2.75) is 109 Å². The zero-order chi connectivity index (χ0) is 39.9. The summed E-state index contributed by atoms with van der Waals surface area (Å²) in [7, 11) is 0. The fraction of sp³-hybridized carbons (Fsp3) is 0.548. The molecule has 5 N–H and O–H groups in total. The molecule has 13 heteroatoms. The zero-order valence-corrected chi connectivity index (χ0v) is 32.4. The second-order valence-electron chi connectivity index (χ2n) is 15.4. The summed E-state index contributed by atoms with van der Waals surface area (Å²) in [5.41, 5.74) is -0.557. The number of alkyl halides is 3. The number of aromatic amines is 1. The molecule has 1 aliphatic carbocycles. The average molecular weight is 769 g/mol. The van der Waals surface area contributed by atoms with E-state index < -0.39 is 52.9 Å². The molecule has 3 aromatic rings. The van der Waals surface area contributed by atoms with Gasteiger partial charge < -0.3 is 31.2 Å². The Kier molecular flexibility index (Phi) is 13.7. The molecule has 300 valence electrons. The molecule has 0 saturated carbocycles. The first-order chi connectivity index (χ1) is 26.2. The Morgan fingerprint density at radius 1 is 0.945 bits per heavy atom.